The van der Waals surface area contributed by atoms with Crippen LogP contribution in [-0.4, -0.2) is 33.8 Å². The van der Waals surface area contributed by atoms with Crippen LogP contribution in [0.15, 0.2) is 72.6 Å². The van der Waals surface area contributed by atoms with Crippen molar-refractivity contribution in [3.63, 3.8) is 0 Å². The third-order valence-electron chi connectivity index (χ3n) is 6.28. The normalized spacial score (nSPS) is 17.6. The molecule has 0 bridgehead atoms. The minimum absolute atomic E-state index is 0.0830. The fourth-order valence-electron chi connectivity index (χ4n) is 4.51. The molecular formula is C29H30N2O4. The van der Waals surface area contributed by atoms with Gasteiger partial charge in [0.2, 0.25) is 0 Å². The van der Waals surface area contributed by atoms with Crippen molar-refractivity contribution in [2.45, 2.75) is 45.7 Å². The third kappa shape index (κ3) is 4.69. The lowest BCUT2D eigenvalue weighted by Gasteiger charge is -2.26. The number of hydrogen-bond donors (Lipinski definition) is 1. The number of carbonyl (C=O) groups is 2. The molecule has 180 valence electrons. The zero-order valence-electron chi connectivity index (χ0n) is 20.7. The molecule has 6 heteroatoms. The zero-order chi connectivity index (χ0) is 25.3. The van der Waals surface area contributed by atoms with Crippen molar-refractivity contribution < 1.29 is 19.4 Å². The number of pyridine rings is 1. The van der Waals surface area contributed by atoms with Gasteiger partial charge in [-0.2, -0.15) is 0 Å². The molecule has 35 heavy (non-hydrogen) atoms. The number of likely N-dealkylation sites (tertiary alicyclic amines) is 1. The summed E-state index contributed by atoms with van der Waals surface area (Å²) in [7, 11) is 1.60. The summed E-state index contributed by atoms with van der Waals surface area (Å²) in [6.45, 7) is 8.33. The summed E-state index contributed by atoms with van der Waals surface area (Å²) in [6, 6.07) is 15.9. The number of methoxy groups -OCH3 is 1. The van der Waals surface area contributed by atoms with Gasteiger partial charge in [-0.3, -0.25) is 14.6 Å². The molecule has 0 spiro atoms. The van der Waals surface area contributed by atoms with Crippen molar-refractivity contribution in [2.75, 3.05) is 7.11 Å². The topological polar surface area (TPSA) is 79.7 Å². The quantitative estimate of drug-likeness (QED) is 0.310. The molecule has 6 nitrogen and oxygen atoms in total. The summed E-state index contributed by atoms with van der Waals surface area (Å²) in [5, 5.41) is 11.5. The van der Waals surface area contributed by atoms with Gasteiger partial charge in [0.25, 0.3) is 11.7 Å². The number of amides is 1. The number of ketones is 1. The molecule has 1 unspecified atom stereocenters. The number of Topliss-reactive ketones (excluding diaryl/α,β-unsaturated/α-hetero) is 1. The first-order valence-corrected chi connectivity index (χ1v) is 11.5. The number of benzene rings is 2. The Morgan fingerprint density at radius 3 is 2.40 bits per heavy atom. The highest BCUT2D eigenvalue weighted by Crippen LogP contribution is 2.41. The van der Waals surface area contributed by atoms with E-state index >= 15 is 0 Å². The van der Waals surface area contributed by atoms with Crippen molar-refractivity contribution in [3.05, 3.63) is 100 Å². The van der Waals surface area contributed by atoms with Crippen LogP contribution in [0.2, 0.25) is 0 Å². The standard InChI is InChI=1S/C29H30N2O4/c1-18-7-6-8-20(15-18)25-24(27(33)28(34)31(25)17-19-11-13-30-14-12-19)26(32)21-9-10-23(35-5)22(16-21)29(2,3)4/h6-16,25,32H,17H2,1-5H3/b26-24-. The van der Waals surface area contributed by atoms with Crippen LogP contribution in [0.4, 0.5) is 0 Å². The Morgan fingerprint density at radius 2 is 1.77 bits per heavy atom. The number of aromatic nitrogens is 1. The van der Waals surface area contributed by atoms with E-state index in [-0.39, 0.29) is 23.3 Å². The number of rotatable bonds is 5. The minimum atomic E-state index is -0.719. The molecule has 1 aromatic heterocycles. The second-order valence-electron chi connectivity index (χ2n) is 9.86. The molecule has 2 heterocycles. The minimum Gasteiger partial charge on any atom is -0.507 e. The largest absolute Gasteiger partial charge is 0.507 e. The Kier molecular flexibility index (Phi) is 6.48. The smallest absolute Gasteiger partial charge is 0.295 e. The monoisotopic (exact) mass is 470 g/mol. The maximum absolute atomic E-state index is 13.3. The number of aliphatic hydroxyl groups is 1. The highest BCUT2D eigenvalue weighted by Gasteiger charge is 2.46. The zero-order valence-corrected chi connectivity index (χ0v) is 20.7. The lowest BCUT2D eigenvalue weighted by Crippen LogP contribution is -2.29. The Balaban J connectivity index is 1.90. The highest BCUT2D eigenvalue weighted by atomic mass is 16.5. The Hall–Kier alpha value is -3.93. The Labute approximate surface area is 205 Å². The first kappa shape index (κ1) is 24.2. The van der Waals surface area contributed by atoms with Gasteiger partial charge in [0.1, 0.15) is 11.5 Å². The lowest BCUT2D eigenvalue weighted by atomic mass is 9.84. The van der Waals surface area contributed by atoms with Crippen LogP contribution in [0, 0.1) is 6.92 Å². The predicted octanol–water partition coefficient (Wildman–Crippen LogP) is 5.32. The van der Waals surface area contributed by atoms with Gasteiger partial charge in [-0.15, -0.1) is 0 Å². The van der Waals surface area contributed by atoms with Crippen molar-refractivity contribution in [1.82, 2.24) is 9.88 Å². The number of carbonyl (C=O) groups excluding carboxylic acids is 2. The fraction of sp³-hybridized carbons (Fsp3) is 0.276. The van der Waals surface area contributed by atoms with Crippen molar-refractivity contribution in [2.24, 2.45) is 0 Å². The van der Waals surface area contributed by atoms with Gasteiger partial charge in [0.15, 0.2) is 0 Å². The lowest BCUT2D eigenvalue weighted by molar-refractivity contribution is -0.140. The van der Waals surface area contributed by atoms with Crippen LogP contribution in [0.1, 0.15) is 54.6 Å². The molecule has 1 saturated heterocycles. The predicted molar refractivity (Wildman–Crippen MR) is 135 cm³/mol. The molecule has 2 aromatic carbocycles. The van der Waals surface area contributed by atoms with Gasteiger partial charge in [0, 0.05) is 30.1 Å². The summed E-state index contributed by atoms with van der Waals surface area (Å²) in [5.74, 6) is -0.835. The summed E-state index contributed by atoms with van der Waals surface area (Å²) in [6.07, 6.45) is 3.30. The second kappa shape index (κ2) is 9.37. The Bertz CT molecular complexity index is 1310. The van der Waals surface area contributed by atoms with E-state index < -0.39 is 17.7 Å². The number of ether oxygens (including phenoxy) is 1. The first-order chi connectivity index (χ1) is 16.6. The average Bonchev–Trinajstić information content (AvgIpc) is 3.08. The number of aryl methyl sites for hydroxylation is 1. The van der Waals surface area contributed by atoms with Crippen LogP contribution in [-0.2, 0) is 21.5 Å². The van der Waals surface area contributed by atoms with E-state index in [2.05, 4.69) is 25.8 Å². The molecular weight excluding hydrogens is 440 g/mol. The van der Waals surface area contributed by atoms with E-state index in [0.717, 1.165) is 22.3 Å². The van der Waals surface area contributed by atoms with E-state index in [4.69, 9.17) is 4.74 Å². The van der Waals surface area contributed by atoms with Crippen LogP contribution in [0.25, 0.3) is 5.76 Å². The van der Waals surface area contributed by atoms with E-state index in [1.165, 1.54) is 4.90 Å². The Morgan fingerprint density at radius 1 is 1.06 bits per heavy atom. The second-order valence-corrected chi connectivity index (χ2v) is 9.86. The van der Waals surface area contributed by atoms with E-state index in [0.29, 0.717) is 11.3 Å². The SMILES string of the molecule is COc1ccc(/C(O)=C2/C(=O)C(=O)N(Cc3ccncc3)C2c2cccc(C)c2)cc1C(C)(C)C. The molecule has 0 saturated carbocycles. The molecule has 1 N–H and O–H groups in total. The maximum atomic E-state index is 13.3. The molecule has 1 atom stereocenters. The van der Waals surface area contributed by atoms with Crippen LogP contribution >= 0.6 is 0 Å². The molecule has 0 aliphatic carbocycles. The molecule has 4 rings (SSSR count). The number of hydrogen-bond acceptors (Lipinski definition) is 5. The fourth-order valence-corrected chi connectivity index (χ4v) is 4.51. The van der Waals surface area contributed by atoms with Crippen molar-refractivity contribution in [1.29, 1.82) is 0 Å². The van der Waals surface area contributed by atoms with Crippen LogP contribution in [0.3, 0.4) is 0 Å². The van der Waals surface area contributed by atoms with Gasteiger partial charge in [-0.05, 0) is 53.8 Å². The molecule has 1 amide bonds. The van der Waals surface area contributed by atoms with Crippen LogP contribution in [0.5, 0.6) is 5.75 Å². The average molecular weight is 471 g/mol. The van der Waals surface area contributed by atoms with E-state index in [9.17, 15) is 14.7 Å². The molecule has 1 fully saturated rings. The maximum Gasteiger partial charge on any atom is 0.295 e. The van der Waals surface area contributed by atoms with Crippen LogP contribution < -0.4 is 4.74 Å². The molecule has 3 aromatic rings. The third-order valence-corrected chi connectivity index (χ3v) is 6.28. The summed E-state index contributed by atoms with van der Waals surface area (Å²) in [4.78, 5) is 32.2. The number of nitrogens with zero attached hydrogens (tertiary/aromatic N) is 2. The summed E-state index contributed by atoms with van der Waals surface area (Å²) < 4.78 is 5.53. The van der Waals surface area contributed by atoms with Crippen molar-refractivity contribution in [3.8, 4) is 5.75 Å². The van der Waals surface area contributed by atoms with Gasteiger partial charge >= 0.3 is 0 Å². The van der Waals surface area contributed by atoms with Gasteiger partial charge in [-0.1, -0.05) is 50.6 Å². The highest BCUT2D eigenvalue weighted by molar-refractivity contribution is 6.46. The molecule has 0 radical (unpaired) electrons. The van der Waals surface area contributed by atoms with Gasteiger partial charge in [0.05, 0.1) is 18.7 Å². The van der Waals surface area contributed by atoms with Gasteiger partial charge in [-0.25, -0.2) is 0 Å². The first-order valence-electron chi connectivity index (χ1n) is 11.5. The van der Waals surface area contributed by atoms with Crippen molar-refractivity contribution >= 4 is 17.4 Å². The number of aliphatic hydroxyl groups excluding tert-OH is 1. The van der Waals surface area contributed by atoms with E-state index in [1.807, 2.05) is 49.4 Å². The molecule has 1 aliphatic heterocycles. The summed E-state index contributed by atoms with van der Waals surface area (Å²) >= 11 is 0. The summed E-state index contributed by atoms with van der Waals surface area (Å²) in [5.41, 5.74) is 3.79. The van der Waals surface area contributed by atoms with Gasteiger partial charge < -0.3 is 14.7 Å². The molecule has 1 aliphatic rings. The van der Waals surface area contributed by atoms with E-state index in [1.54, 1.807) is 31.6 Å².